The summed E-state index contributed by atoms with van der Waals surface area (Å²) in [5.41, 5.74) is 3.60. The lowest BCUT2D eigenvalue weighted by atomic mass is 10.0. The minimum atomic E-state index is -0.236. The van der Waals surface area contributed by atoms with Crippen LogP contribution in [0.2, 0.25) is 0 Å². The number of anilines is 1. The van der Waals surface area contributed by atoms with Crippen molar-refractivity contribution in [2.24, 2.45) is 0 Å². The van der Waals surface area contributed by atoms with E-state index in [0.29, 0.717) is 30.9 Å². The van der Waals surface area contributed by atoms with Crippen LogP contribution in [0, 0.1) is 0 Å². The van der Waals surface area contributed by atoms with Gasteiger partial charge in [-0.25, -0.2) is 4.79 Å². The molecular formula is C28H29N5O3. The highest BCUT2D eigenvalue weighted by Crippen LogP contribution is 2.25. The molecule has 2 heterocycles. The second kappa shape index (κ2) is 10.6. The largest absolute Gasteiger partial charge is 0.348 e. The highest BCUT2D eigenvalue weighted by Gasteiger charge is 2.25. The molecule has 8 nitrogen and oxygen atoms in total. The number of fused-ring (bicyclic) bond motifs is 1. The minimum absolute atomic E-state index is 0.0884. The maximum absolute atomic E-state index is 12.8. The van der Waals surface area contributed by atoms with Crippen molar-refractivity contribution in [3.05, 3.63) is 100 Å². The molecule has 0 aliphatic carbocycles. The van der Waals surface area contributed by atoms with E-state index in [1.165, 1.54) is 0 Å². The predicted octanol–water partition coefficient (Wildman–Crippen LogP) is 3.54. The van der Waals surface area contributed by atoms with E-state index in [9.17, 15) is 14.4 Å². The summed E-state index contributed by atoms with van der Waals surface area (Å²) in [7, 11) is 0. The zero-order valence-electron chi connectivity index (χ0n) is 19.9. The number of imidazole rings is 1. The van der Waals surface area contributed by atoms with E-state index in [-0.39, 0.29) is 30.1 Å². The van der Waals surface area contributed by atoms with Crippen molar-refractivity contribution < 1.29 is 9.59 Å². The number of benzene rings is 3. The van der Waals surface area contributed by atoms with E-state index in [1.807, 2.05) is 59.2 Å². The first-order chi connectivity index (χ1) is 17.6. The minimum Gasteiger partial charge on any atom is -0.348 e. The van der Waals surface area contributed by atoms with Gasteiger partial charge in [0.05, 0.1) is 28.8 Å². The molecule has 4 aromatic rings. The van der Waals surface area contributed by atoms with Gasteiger partial charge in [0.15, 0.2) is 0 Å². The Morgan fingerprint density at radius 2 is 1.58 bits per heavy atom. The molecule has 1 aliphatic heterocycles. The van der Waals surface area contributed by atoms with Crippen LogP contribution in [-0.2, 0) is 11.3 Å². The molecule has 1 fully saturated rings. The zero-order valence-corrected chi connectivity index (χ0v) is 19.9. The van der Waals surface area contributed by atoms with Gasteiger partial charge in [-0.15, -0.1) is 0 Å². The summed E-state index contributed by atoms with van der Waals surface area (Å²) in [6, 6.07) is 24.5. The van der Waals surface area contributed by atoms with Gasteiger partial charge in [0, 0.05) is 25.7 Å². The molecule has 1 saturated heterocycles. The Morgan fingerprint density at radius 1 is 0.889 bits per heavy atom. The van der Waals surface area contributed by atoms with Gasteiger partial charge in [-0.05, 0) is 42.7 Å². The normalized spacial score (nSPS) is 14.6. The van der Waals surface area contributed by atoms with Crippen LogP contribution in [0.25, 0.3) is 11.0 Å². The standard InChI is InChI=1S/C28H29N5O3/c34-26(30-23-11-5-4-10-22(23)27(35)29-18-20-8-2-1-3-9-20)19-32-16-14-21(15-17-32)33-25-13-7-6-12-24(25)31-28(33)36/h1-13,21H,14-19H2,(H,29,35)(H,30,34)(H,31,36). The molecule has 0 spiro atoms. The Kier molecular flexibility index (Phi) is 6.95. The molecule has 1 aromatic heterocycles. The number of carbonyl (C=O) groups is 2. The van der Waals surface area contributed by atoms with E-state index in [0.717, 1.165) is 29.4 Å². The fraction of sp³-hybridized carbons (Fsp3) is 0.250. The molecule has 3 N–H and O–H groups in total. The first-order valence-corrected chi connectivity index (χ1v) is 12.2. The SMILES string of the molecule is O=C(CN1CCC(n2c(=O)[nH]c3ccccc32)CC1)Nc1ccccc1C(=O)NCc1ccccc1. The Labute approximate surface area is 208 Å². The summed E-state index contributed by atoms with van der Waals surface area (Å²) in [5.74, 6) is -0.402. The van der Waals surface area contributed by atoms with Crippen molar-refractivity contribution in [3.63, 3.8) is 0 Å². The molecule has 0 bridgehead atoms. The number of nitrogens with one attached hydrogen (secondary N) is 3. The predicted molar refractivity (Wildman–Crippen MR) is 140 cm³/mol. The van der Waals surface area contributed by atoms with Gasteiger partial charge < -0.3 is 15.6 Å². The quantitative estimate of drug-likeness (QED) is 0.374. The van der Waals surface area contributed by atoms with Gasteiger partial charge >= 0.3 is 5.69 Å². The topological polar surface area (TPSA) is 99.2 Å². The summed E-state index contributed by atoms with van der Waals surface area (Å²) >= 11 is 0. The van der Waals surface area contributed by atoms with Crippen molar-refractivity contribution in [1.29, 1.82) is 0 Å². The second-order valence-electron chi connectivity index (χ2n) is 9.09. The molecule has 5 rings (SSSR count). The van der Waals surface area contributed by atoms with Gasteiger partial charge in [-0.2, -0.15) is 0 Å². The first kappa shape index (κ1) is 23.6. The number of aromatic nitrogens is 2. The third-order valence-corrected chi connectivity index (χ3v) is 6.66. The van der Waals surface area contributed by atoms with Gasteiger partial charge in [0.1, 0.15) is 0 Å². The van der Waals surface area contributed by atoms with E-state index >= 15 is 0 Å². The molecule has 0 saturated carbocycles. The van der Waals surface area contributed by atoms with Crippen molar-refractivity contribution in [1.82, 2.24) is 19.8 Å². The molecule has 0 atom stereocenters. The highest BCUT2D eigenvalue weighted by molar-refractivity contribution is 6.04. The second-order valence-corrected chi connectivity index (χ2v) is 9.09. The summed E-state index contributed by atoms with van der Waals surface area (Å²) < 4.78 is 1.84. The monoisotopic (exact) mass is 483 g/mol. The van der Waals surface area contributed by atoms with Crippen LogP contribution in [0.1, 0.15) is 34.8 Å². The van der Waals surface area contributed by atoms with E-state index in [2.05, 4.69) is 20.5 Å². The van der Waals surface area contributed by atoms with Gasteiger partial charge in [0.25, 0.3) is 5.91 Å². The Balaban J connectivity index is 1.17. The molecule has 36 heavy (non-hydrogen) atoms. The number of hydrogen-bond donors (Lipinski definition) is 3. The average Bonchev–Trinajstić information content (AvgIpc) is 3.24. The number of amides is 2. The lowest BCUT2D eigenvalue weighted by molar-refractivity contribution is -0.117. The van der Waals surface area contributed by atoms with Crippen LogP contribution in [-0.4, -0.2) is 45.9 Å². The average molecular weight is 484 g/mol. The number of nitrogens with zero attached hydrogens (tertiary/aromatic N) is 2. The van der Waals surface area contributed by atoms with Crippen molar-refractivity contribution in [2.75, 3.05) is 25.0 Å². The molecule has 3 aromatic carbocycles. The summed E-state index contributed by atoms with van der Waals surface area (Å²) in [5, 5.41) is 5.82. The number of aromatic amines is 1. The molecular weight excluding hydrogens is 454 g/mol. The number of likely N-dealkylation sites (tertiary alicyclic amines) is 1. The lowest BCUT2D eigenvalue weighted by Crippen LogP contribution is -2.41. The molecule has 1 aliphatic rings. The lowest BCUT2D eigenvalue weighted by Gasteiger charge is -2.32. The Hall–Kier alpha value is -4.17. The number of H-pyrrole nitrogens is 1. The number of para-hydroxylation sites is 3. The molecule has 184 valence electrons. The summed E-state index contributed by atoms with van der Waals surface area (Å²) in [4.78, 5) is 43.1. The van der Waals surface area contributed by atoms with Crippen LogP contribution >= 0.6 is 0 Å². The van der Waals surface area contributed by atoms with Crippen LogP contribution < -0.4 is 16.3 Å². The molecule has 8 heteroatoms. The van der Waals surface area contributed by atoms with Crippen LogP contribution in [0.3, 0.4) is 0 Å². The van der Waals surface area contributed by atoms with Gasteiger partial charge in [-0.1, -0.05) is 54.6 Å². The van der Waals surface area contributed by atoms with Crippen LogP contribution in [0.5, 0.6) is 0 Å². The van der Waals surface area contributed by atoms with E-state index in [1.54, 1.807) is 24.3 Å². The molecule has 0 radical (unpaired) electrons. The Bertz CT molecular complexity index is 1420. The summed E-state index contributed by atoms with van der Waals surface area (Å²) in [6.07, 6.45) is 1.57. The Morgan fingerprint density at radius 3 is 2.39 bits per heavy atom. The third kappa shape index (κ3) is 5.23. The fourth-order valence-corrected chi connectivity index (χ4v) is 4.83. The van der Waals surface area contributed by atoms with Crippen molar-refractivity contribution in [3.8, 4) is 0 Å². The van der Waals surface area contributed by atoms with Crippen LogP contribution in [0.15, 0.2) is 83.7 Å². The zero-order chi connectivity index (χ0) is 24.9. The van der Waals surface area contributed by atoms with E-state index < -0.39 is 0 Å². The van der Waals surface area contributed by atoms with Crippen molar-refractivity contribution >= 4 is 28.5 Å². The maximum atomic E-state index is 12.8. The maximum Gasteiger partial charge on any atom is 0.326 e. The van der Waals surface area contributed by atoms with Gasteiger partial charge in [0.2, 0.25) is 5.91 Å². The van der Waals surface area contributed by atoms with Crippen molar-refractivity contribution in [2.45, 2.75) is 25.4 Å². The van der Waals surface area contributed by atoms with Crippen LogP contribution in [0.4, 0.5) is 5.69 Å². The molecule has 0 unspecified atom stereocenters. The number of hydrogen-bond acceptors (Lipinski definition) is 4. The summed E-state index contributed by atoms with van der Waals surface area (Å²) in [6.45, 7) is 2.07. The fourth-order valence-electron chi connectivity index (χ4n) is 4.83. The number of piperidine rings is 1. The number of rotatable bonds is 7. The first-order valence-electron chi connectivity index (χ1n) is 12.2. The highest BCUT2D eigenvalue weighted by atomic mass is 16.2. The molecule has 2 amide bonds. The smallest absolute Gasteiger partial charge is 0.326 e. The number of carbonyl (C=O) groups excluding carboxylic acids is 2. The van der Waals surface area contributed by atoms with Gasteiger partial charge in [-0.3, -0.25) is 19.1 Å². The third-order valence-electron chi connectivity index (χ3n) is 6.66. The van der Waals surface area contributed by atoms with E-state index in [4.69, 9.17) is 0 Å².